The molecular weight excluding hydrogens is 373 g/mol. The normalized spacial score (nSPS) is 18.1. The minimum absolute atomic E-state index is 0.0836. The Morgan fingerprint density at radius 1 is 1.27 bits per heavy atom. The molecule has 1 saturated heterocycles. The second-order valence-corrected chi connectivity index (χ2v) is 8.29. The van der Waals surface area contributed by atoms with Crippen LogP contribution in [0.4, 0.5) is 18.0 Å². The third kappa shape index (κ3) is 5.26. The summed E-state index contributed by atoms with van der Waals surface area (Å²) in [5.74, 6) is -0.911. The topological polar surface area (TPSA) is 80.5 Å². The molecule has 0 bridgehead atoms. The van der Waals surface area contributed by atoms with Crippen molar-refractivity contribution in [2.45, 2.75) is 56.1 Å². The van der Waals surface area contributed by atoms with Crippen molar-refractivity contribution in [2.24, 2.45) is 7.05 Å². The van der Waals surface area contributed by atoms with Crippen LogP contribution in [0.1, 0.15) is 39.4 Å². The molecule has 0 spiro atoms. The smallest absolute Gasteiger partial charge is 0.444 e. The number of halogens is 3. The highest BCUT2D eigenvalue weighted by atomic mass is 32.2. The molecule has 11 heteroatoms. The van der Waals surface area contributed by atoms with E-state index in [2.05, 4.69) is 10.2 Å². The predicted molar refractivity (Wildman–Crippen MR) is 88.7 cm³/mol. The minimum Gasteiger partial charge on any atom is -0.444 e. The molecule has 26 heavy (non-hydrogen) atoms. The van der Waals surface area contributed by atoms with Crippen molar-refractivity contribution in [3.63, 3.8) is 0 Å². The summed E-state index contributed by atoms with van der Waals surface area (Å²) < 4.78 is 44.4. The van der Waals surface area contributed by atoms with E-state index in [0.717, 1.165) is 16.3 Å². The fraction of sp³-hybridized carbons (Fsp3) is 0.800. The van der Waals surface area contributed by atoms with Crippen LogP contribution in [0.3, 0.4) is 0 Å². The lowest BCUT2D eigenvalue weighted by molar-refractivity contribution is -0.147. The van der Waals surface area contributed by atoms with Crippen LogP contribution in [0.25, 0.3) is 0 Å². The first-order valence-electron chi connectivity index (χ1n) is 8.10. The molecule has 2 rings (SSSR count). The first kappa shape index (κ1) is 20.8. The van der Waals surface area contributed by atoms with Gasteiger partial charge < -0.3 is 19.3 Å². The molecule has 0 aromatic carbocycles. The molecule has 1 N–H and O–H groups in total. The second-order valence-electron chi connectivity index (χ2n) is 7.34. The summed E-state index contributed by atoms with van der Waals surface area (Å²) in [7, 11) is 1.24. The van der Waals surface area contributed by atoms with Crippen LogP contribution < -0.4 is 0 Å². The van der Waals surface area contributed by atoms with E-state index in [-0.39, 0.29) is 10.9 Å². The van der Waals surface area contributed by atoms with E-state index >= 15 is 0 Å². The zero-order valence-corrected chi connectivity index (χ0v) is 15.9. The van der Waals surface area contributed by atoms with Crippen molar-refractivity contribution in [3.8, 4) is 0 Å². The number of piperidine rings is 1. The van der Waals surface area contributed by atoms with E-state index in [1.807, 2.05) is 0 Å². The highest BCUT2D eigenvalue weighted by Gasteiger charge is 2.39. The van der Waals surface area contributed by atoms with E-state index in [1.165, 1.54) is 11.9 Å². The Hall–Kier alpha value is -1.49. The zero-order valence-electron chi connectivity index (χ0n) is 15.1. The van der Waals surface area contributed by atoms with Crippen molar-refractivity contribution >= 4 is 17.9 Å². The summed E-state index contributed by atoms with van der Waals surface area (Å²) in [6, 6.07) is 0. The van der Waals surface area contributed by atoms with Crippen LogP contribution in [0, 0.1) is 0 Å². The number of carbonyl (C=O) groups is 1. The summed E-state index contributed by atoms with van der Waals surface area (Å²) in [6.07, 6.45) is -4.39. The van der Waals surface area contributed by atoms with Gasteiger partial charge in [-0.05, 0) is 33.6 Å². The van der Waals surface area contributed by atoms with E-state index < -0.39 is 29.3 Å². The lowest BCUT2D eigenvalue weighted by atomic mass is 9.94. The Bertz CT molecular complexity index is 650. The summed E-state index contributed by atoms with van der Waals surface area (Å²) >= 11 is 1.01. The Morgan fingerprint density at radius 3 is 2.31 bits per heavy atom. The number of alkyl halides is 3. The molecule has 2 heterocycles. The van der Waals surface area contributed by atoms with Crippen molar-refractivity contribution < 1.29 is 27.8 Å². The number of likely N-dealkylation sites (tertiary alicyclic amines) is 1. The van der Waals surface area contributed by atoms with E-state index in [0.29, 0.717) is 25.9 Å². The largest absolute Gasteiger partial charge is 0.451 e. The molecule has 1 aliphatic rings. The number of aliphatic hydroxyl groups is 1. The number of amides is 1. The number of aromatic nitrogens is 3. The summed E-state index contributed by atoms with van der Waals surface area (Å²) in [5, 5.41) is 17.4. The van der Waals surface area contributed by atoms with Gasteiger partial charge in [0, 0.05) is 25.9 Å². The van der Waals surface area contributed by atoms with Gasteiger partial charge in [0.05, 0.1) is 5.60 Å². The van der Waals surface area contributed by atoms with Gasteiger partial charge >= 0.3 is 12.3 Å². The Kier molecular flexibility index (Phi) is 5.81. The maximum Gasteiger partial charge on any atom is 0.451 e. The fourth-order valence-corrected chi connectivity index (χ4v) is 3.53. The number of nitrogens with zero attached hydrogens (tertiary/aromatic N) is 4. The number of thioether (sulfide) groups is 1. The van der Waals surface area contributed by atoms with Crippen molar-refractivity contribution in [3.05, 3.63) is 5.82 Å². The molecule has 1 fully saturated rings. The summed E-state index contributed by atoms with van der Waals surface area (Å²) in [6.45, 7) is 5.96. The number of hydrogen-bond acceptors (Lipinski definition) is 6. The number of ether oxygens (including phenoxy) is 1. The second kappa shape index (κ2) is 7.26. The van der Waals surface area contributed by atoms with Gasteiger partial charge in [0.1, 0.15) is 5.60 Å². The summed E-state index contributed by atoms with van der Waals surface area (Å²) in [4.78, 5) is 13.6. The van der Waals surface area contributed by atoms with Crippen molar-refractivity contribution in [1.29, 1.82) is 0 Å². The van der Waals surface area contributed by atoms with Crippen LogP contribution in [-0.4, -0.2) is 60.9 Å². The highest BCUT2D eigenvalue weighted by Crippen LogP contribution is 2.33. The highest BCUT2D eigenvalue weighted by molar-refractivity contribution is 7.99. The third-order valence-electron chi connectivity index (χ3n) is 3.90. The van der Waals surface area contributed by atoms with Crippen LogP contribution in [-0.2, 0) is 18.0 Å². The van der Waals surface area contributed by atoms with Gasteiger partial charge in [-0.2, -0.15) is 13.2 Å². The molecule has 0 unspecified atom stereocenters. The minimum atomic E-state index is -4.57. The Morgan fingerprint density at radius 2 is 1.85 bits per heavy atom. The SMILES string of the molecule is Cn1c(SCC2(O)CCN(C(=O)OC(C)(C)C)CC2)nnc1C(F)(F)F. The molecular formula is C15H23F3N4O3S. The van der Waals surface area contributed by atoms with Gasteiger partial charge in [-0.25, -0.2) is 4.79 Å². The third-order valence-corrected chi connectivity index (χ3v) is 5.20. The molecule has 7 nitrogen and oxygen atoms in total. The molecule has 1 amide bonds. The van der Waals surface area contributed by atoms with Gasteiger partial charge in [0.2, 0.25) is 5.82 Å². The number of carbonyl (C=O) groups excluding carboxylic acids is 1. The molecule has 1 aromatic heterocycles. The van der Waals surface area contributed by atoms with Gasteiger partial charge in [0.15, 0.2) is 5.16 Å². The monoisotopic (exact) mass is 396 g/mol. The average molecular weight is 396 g/mol. The zero-order chi connectivity index (χ0) is 19.8. The van der Waals surface area contributed by atoms with Crippen molar-refractivity contribution in [2.75, 3.05) is 18.8 Å². The first-order chi connectivity index (χ1) is 11.8. The van der Waals surface area contributed by atoms with Crippen LogP contribution in [0.2, 0.25) is 0 Å². The number of rotatable bonds is 3. The van der Waals surface area contributed by atoms with Gasteiger partial charge in [0.25, 0.3) is 0 Å². The first-order valence-corrected chi connectivity index (χ1v) is 9.09. The lowest BCUT2D eigenvalue weighted by Gasteiger charge is -2.38. The molecule has 0 saturated carbocycles. The van der Waals surface area contributed by atoms with Crippen LogP contribution in [0.5, 0.6) is 0 Å². The average Bonchev–Trinajstić information content (AvgIpc) is 2.85. The van der Waals surface area contributed by atoms with E-state index in [9.17, 15) is 23.1 Å². The van der Waals surface area contributed by atoms with Gasteiger partial charge in [-0.3, -0.25) is 0 Å². The molecule has 1 aliphatic heterocycles. The quantitative estimate of drug-likeness (QED) is 0.792. The molecule has 0 atom stereocenters. The van der Waals surface area contributed by atoms with E-state index in [4.69, 9.17) is 4.74 Å². The molecule has 1 aromatic rings. The Balaban J connectivity index is 1.90. The number of hydrogen-bond donors (Lipinski definition) is 1. The fourth-order valence-electron chi connectivity index (χ4n) is 2.46. The molecule has 148 valence electrons. The predicted octanol–water partition coefficient (Wildman–Crippen LogP) is 2.69. The Labute approximate surface area is 153 Å². The maximum absolute atomic E-state index is 12.7. The van der Waals surface area contributed by atoms with Crippen molar-refractivity contribution in [1.82, 2.24) is 19.7 Å². The van der Waals surface area contributed by atoms with Gasteiger partial charge in [-0.15, -0.1) is 10.2 Å². The molecule has 0 radical (unpaired) electrons. The molecule has 0 aliphatic carbocycles. The standard InChI is InChI=1S/C15H23F3N4O3S/c1-13(2,3)25-12(23)22-7-5-14(24,6-8-22)9-26-11-20-19-10(21(11)4)15(16,17)18/h24H,5-9H2,1-4H3. The van der Waals surface area contributed by atoms with E-state index in [1.54, 1.807) is 20.8 Å². The van der Waals surface area contributed by atoms with Crippen LogP contribution in [0.15, 0.2) is 5.16 Å². The van der Waals surface area contributed by atoms with Gasteiger partial charge in [-0.1, -0.05) is 11.8 Å². The maximum atomic E-state index is 12.7. The summed E-state index contributed by atoms with van der Waals surface area (Å²) in [5.41, 5.74) is -1.68. The van der Waals surface area contributed by atoms with Crippen LogP contribution >= 0.6 is 11.8 Å². The lowest BCUT2D eigenvalue weighted by Crippen LogP contribution is -2.49.